The Balaban J connectivity index is 1.66. The van der Waals surface area contributed by atoms with Gasteiger partial charge in [0.25, 0.3) is 0 Å². The van der Waals surface area contributed by atoms with Crippen molar-refractivity contribution in [3.8, 4) is 0 Å². The molecule has 2 aliphatic rings. The van der Waals surface area contributed by atoms with Crippen molar-refractivity contribution in [2.24, 2.45) is 0 Å². The molecule has 0 bridgehead atoms. The molecule has 0 aromatic heterocycles. The SMILES string of the molecule is O=C1C=C(CCCC2OCCO2)CCC1. The molecule has 1 saturated heterocycles. The number of carbonyl (C=O) groups is 1. The molecule has 1 fully saturated rings. The van der Waals surface area contributed by atoms with Crippen LogP contribution in [-0.2, 0) is 14.3 Å². The summed E-state index contributed by atoms with van der Waals surface area (Å²) >= 11 is 0. The maximum absolute atomic E-state index is 11.2. The Labute approximate surface area is 90.4 Å². The van der Waals surface area contributed by atoms with E-state index in [-0.39, 0.29) is 6.29 Å². The van der Waals surface area contributed by atoms with Crippen LogP contribution in [0, 0.1) is 0 Å². The number of hydrogen-bond acceptors (Lipinski definition) is 3. The van der Waals surface area contributed by atoms with E-state index in [0.29, 0.717) is 5.78 Å². The Bertz CT molecular complexity index is 252. The molecular formula is C12H18O3. The van der Waals surface area contributed by atoms with Crippen molar-refractivity contribution in [3.05, 3.63) is 11.6 Å². The van der Waals surface area contributed by atoms with E-state index < -0.39 is 0 Å². The number of rotatable bonds is 4. The van der Waals surface area contributed by atoms with E-state index in [1.165, 1.54) is 5.57 Å². The van der Waals surface area contributed by atoms with Gasteiger partial charge >= 0.3 is 0 Å². The van der Waals surface area contributed by atoms with Gasteiger partial charge in [-0.3, -0.25) is 4.79 Å². The molecule has 84 valence electrons. The quantitative estimate of drug-likeness (QED) is 0.713. The molecular weight excluding hydrogens is 192 g/mol. The summed E-state index contributed by atoms with van der Waals surface area (Å²) in [6.07, 6.45) is 7.73. The second-order valence-corrected chi connectivity index (χ2v) is 4.19. The van der Waals surface area contributed by atoms with E-state index in [0.717, 1.165) is 51.7 Å². The lowest BCUT2D eigenvalue weighted by atomic mass is 9.95. The molecule has 0 amide bonds. The first-order valence-corrected chi connectivity index (χ1v) is 5.80. The highest BCUT2D eigenvalue weighted by Crippen LogP contribution is 2.21. The van der Waals surface area contributed by atoms with Crippen LogP contribution in [0.25, 0.3) is 0 Å². The van der Waals surface area contributed by atoms with Gasteiger partial charge in [-0.05, 0) is 38.2 Å². The van der Waals surface area contributed by atoms with Crippen LogP contribution in [0.3, 0.4) is 0 Å². The van der Waals surface area contributed by atoms with Crippen molar-refractivity contribution in [1.29, 1.82) is 0 Å². The third-order valence-corrected chi connectivity index (χ3v) is 2.91. The zero-order chi connectivity index (χ0) is 10.5. The molecule has 3 heteroatoms. The summed E-state index contributed by atoms with van der Waals surface area (Å²) < 4.78 is 10.7. The Morgan fingerprint density at radius 3 is 2.80 bits per heavy atom. The lowest BCUT2D eigenvalue weighted by molar-refractivity contribution is -0.115. The lowest BCUT2D eigenvalue weighted by Gasteiger charge is -2.13. The van der Waals surface area contributed by atoms with Gasteiger partial charge in [-0.1, -0.05) is 5.57 Å². The molecule has 2 rings (SSSR count). The van der Waals surface area contributed by atoms with Gasteiger partial charge in [0.2, 0.25) is 0 Å². The van der Waals surface area contributed by atoms with E-state index in [1.807, 2.05) is 6.08 Å². The average molecular weight is 210 g/mol. The van der Waals surface area contributed by atoms with E-state index >= 15 is 0 Å². The number of ether oxygens (including phenoxy) is 2. The summed E-state index contributed by atoms with van der Waals surface area (Å²) in [5, 5.41) is 0. The summed E-state index contributed by atoms with van der Waals surface area (Å²) in [6.45, 7) is 1.46. The fourth-order valence-corrected chi connectivity index (χ4v) is 2.13. The second kappa shape index (κ2) is 5.42. The Hall–Kier alpha value is -0.670. The average Bonchev–Trinajstić information content (AvgIpc) is 2.71. The van der Waals surface area contributed by atoms with Crippen LogP contribution in [0.4, 0.5) is 0 Å². The van der Waals surface area contributed by atoms with Gasteiger partial charge in [0.1, 0.15) is 0 Å². The summed E-state index contributed by atoms with van der Waals surface area (Å²) in [6, 6.07) is 0. The maximum atomic E-state index is 11.2. The summed E-state index contributed by atoms with van der Waals surface area (Å²) in [7, 11) is 0. The highest BCUT2D eigenvalue weighted by molar-refractivity contribution is 5.91. The van der Waals surface area contributed by atoms with Crippen molar-refractivity contribution < 1.29 is 14.3 Å². The smallest absolute Gasteiger partial charge is 0.157 e. The van der Waals surface area contributed by atoms with Gasteiger partial charge < -0.3 is 9.47 Å². The zero-order valence-corrected chi connectivity index (χ0v) is 9.04. The molecule has 1 heterocycles. The lowest BCUT2D eigenvalue weighted by Crippen LogP contribution is -2.08. The van der Waals surface area contributed by atoms with Gasteiger partial charge in [-0.15, -0.1) is 0 Å². The zero-order valence-electron chi connectivity index (χ0n) is 9.04. The predicted molar refractivity (Wildman–Crippen MR) is 56.5 cm³/mol. The highest BCUT2D eigenvalue weighted by atomic mass is 16.7. The van der Waals surface area contributed by atoms with Gasteiger partial charge in [-0.25, -0.2) is 0 Å². The van der Waals surface area contributed by atoms with Crippen LogP contribution in [0.2, 0.25) is 0 Å². The molecule has 15 heavy (non-hydrogen) atoms. The van der Waals surface area contributed by atoms with E-state index in [9.17, 15) is 4.79 Å². The topological polar surface area (TPSA) is 35.5 Å². The largest absolute Gasteiger partial charge is 0.350 e. The minimum atomic E-state index is 0.00453. The van der Waals surface area contributed by atoms with Crippen LogP contribution < -0.4 is 0 Å². The van der Waals surface area contributed by atoms with Crippen molar-refractivity contribution in [2.75, 3.05) is 13.2 Å². The van der Waals surface area contributed by atoms with Crippen LogP contribution >= 0.6 is 0 Å². The van der Waals surface area contributed by atoms with Gasteiger partial charge in [-0.2, -0.15) is 0 Å². The molecule has 3 nitrogen and oxygen atoms in total. The fraction of sp³-hybridized carbons (Fsp3) is 0.750. The Morgan fingerprint density at radius 1 is 1.27 bits per heavy atom. The summed E-state index contributed by atoms with van der Waals surface area (Å²) in [5.74, 6) is 0.296. The molecule has 0 aromatic rings. The van der Waals surface area contributed by atoms with Crippen LogP contribution in [-0.4, -0.2) is 25.3 Å². The fourth-order valence-electron chi connectivity index (χ4n) is 2.13. The van der Waals surface area contributed by atoms with Gasteiger partial charge in [0.15, 0.2) is 12.1 Å². The third kappa shape index (κ3) is 3.43. The van der Waals surface area contributed by atoms with Crippen molar-refractivity contribution in [3.63, 3.8) is 0 Å². The first kappa shape index (κ1) is 10.8. The van der Waals surface area contributed by atoms with Crippen LogP contribution in [0.5, 0.6) is 0 Å². The minimum absolute atomic E-state index is 0.00453. The predicted octanol–water partition coefficient (Wildman–Crippen LogP) is 2.21. The molecule has 0 saturated carbocycles. The first-order chi connectivity index (χ1) is 7.34. The van der Waals surface area contributed by atoms with E-state index in [4.69, 9.17) is 9.47 Å². The summed E-state index contributed by atoms with van der Waals surface area (Å²) in [5.41, 5.74) is 1.31. The third-order valence-electron chi connectivity index (χ3n) is 2.91. The molecule has 0 radical (unpaired) electrons. The maximum Gasteiger partial charge on any atom is 0.157 e. The molecule has 1 aliphatic carbocycles. The van der Waals surface area contributed by atoms with Crippen molar-refractivity contribution >= 4 is 5.78 Å². The minimum Gasteiger partial charge on any atom is -0.350 e. The van der Waals surface area contributed by atoms with E-state index in [1.54, 1.807) is 0 Å². The highest BCUT2D eigenvalue weighted by Gasteiger charge is 2.16. The van der Waals surface area contributed by atoms with E-state index in [2.05, 4.69) is 0 Å². The molecule has 0 aromatic carbocycles. The standard InChI is InChI=1S/C12H18O3/c13-11-5-1-3-10(9-11)4-2-6-12-14-7-8-15-12/h9,12H,1-8H2. The molecule has 0 N–H and O–H groups in total. The number of allylic oxidation sites excluding steroid dienone is 2. The Kier molecular flexibility index (Phi) is 3.92. The molecule has 1 aliphatic heterocycles. The van der Waals surface area contributed by atoms with Crippen LogP contribution in [0.1, 0.15) is 38.5 Å². The second-order valence-electron chi connectivity index (χ2n) is 4.19. The van der Waals surface area contributed by atoms with Gasteiger partial charge in [0, 0.05) is 6.42 Å². The van der Waals surface area contributed by atoms with Gasteiger partial charge in [0.05, 0.1) is 13.2 Å². The Morgan fingerprint density at radius 2 is 2.07 bits per heavy atom. The monoisotopic (exact) mass is 210 g/mol. The molecule has 0 atom stereocenters. The first-order valence-electron chi connectivity index (χ1n) is 5.80. The van der Waals surface area contributed by atoms with Crippen molar-refractivity contribution in [1.82, 2.24) is 0 Å². The number of hydrogen-bond donors (Lipinski definition) is 0. The van der Waals surface area contributed by atoms with Crippen molar-refractivity contribution in [2.45, 2.75) is 44.8 Å². The molecule has 0 spiro atoms. The normalized spacial score (nSPS) is 23.2. The number of carbonyl (C=O) groups excluding carboxylic acids is 1. The van der Waals surface area contributed by atoms with Crippen LogP contribution in [0.15, 0.2) is 11.6 Å². The summed E-state index contributed by atoms with van der Waals surface area (Å²) in [4.78, 5) is 11.2. The number of ketones is 1. The molecule has 0 unspecified atom stereocenters.